The number of thioether (sulfide) groups is 1. The van der Waals surface area contributed by atoms with Gasteiger partial charge in [-0.25, -0.2) is 0 Å². The van der Waals surface area contributed by atoms with Gasteiger partial charge in [-0.15, -0.1) is 0 Å². The molecule has 2 aliphatic heterocycles. The molecule has 2 N–H and O–H groups in total. The lowest BCUT2D eigenvalue weighted by Gasteiger charge is -2.23. The van der Waals surface area contributed by atoms with E-state index in [1.807, 2.05) is 11.8 Å². The highest BCUT2D eigenvalue weighted by molar-refractivity contribution is 7.99. The Hall–Kier alpha value is -0.220. The van der Waals surface area contributed by atoms with Crippen molar-refractivity contribution in [3.8, 4) is 0 Å². The zero-order valence-electron chi connectivity index (χ0n) is 11.2. The number of piperidine rings is 1. The maximum Gasteiger partial charge on any atom is 0.220 e. The van der Waals surface area contributed by atoms with E-state index in [1.165, 1.54) is 37.2 Å². The van der Waals surface area contributed by atoms with Gasteiger partial charge in [-0.1, -0.05) is 0 Å². The lowest BCUT2D eigenvalue weighted by Crippen LogP contribution is -2.32. The summed E-state index contributed by atoms with van der Waals surface area (Å²) >= 11 is 2.04. The third-order valence-corrected chi connectivity index (χ3v) is 5.22. The van der Waals surface area contributed by atoms with Crippen LogP contribution in [-0.2, 0) is 4.79 Å². The fraction of sp³-hybridized carbons (Fsp3) is 0.929. The molecule has 2 rings (SSSR count). The van der Waals surface area contributed by atoms with E-state index in [1.54, 1.807) is 0 Å². The molecule has 0 bridgehead atoms. The van der Waals surface area contributed by atoms with Gasteiger partial charge in [0.25, 0.3) is 0 Å². The molecule has 0 aliphatic carbocycles. The normalized spacial score (nSPS) is 22.9. The molecular formula is C14H26N2OS. The number of hydrogen-bond acceptors (Lipinski definition) is 3. The minimum atomic E-state index is 0.270. The van der Waals surface area contributed by atoms with Crippen molar-refractivity contribution in [3.05, 3.63) is 0 Å². The number of hydrogen-bond donors (Lipinski definition) is 2. The molecule has 2 heterocycles. The molecular weight excluding hydrogens is 244 g/mol. The van der Waals surface area contributed by atoms with E-state index < -0.39 is 0 Å². The van der Waals surface area contributed by atoms with Gasteiger partial charge in [-0.3, -0.25) is 4.79 Å². The SMILES string of the molecule is O=C(CCC1CCNCC1)NCC1CCSCC1. The van der Waals surface area contributed by atoms with Crippen LogP contribution in [0.25, 0.3) is 0 Å². The van der Waals surface area contributed by atoms with Gasteiger partial charge in [0, 0.05) is 13.0 Å². The largest absolute Gasteiger partial charge is 0.356 e. The van der Waals surface area contributed by atoms with Crippen LogP contribution in [0.15, 0.2) is 0 Å². The summed E-state index contributed by atoms with van der Waals surface area (Å²) in [5.41, 5.74) is 0. The summed E-state index contributed by atoms with van der Waals surface area (Å²) in [7, 11) is 0. The molecule has 1 amide bonds. The third kappa shape index (κ3) is 5.19. The molecule has 0 atom stereocenters. The van der Waals surface area contributed by atoms with Crippen molar-refractivity contribution in [1.82, 2.24) is 10.6 Å². The Morgan fingerprint density at radius 2 is 1.83 bits per heavy atom. The quantitative estimate of drug-likeness (QED) is 0.803. The van der Waals surface area contributed by atoms with Gasteiger partial charge in [0.1, 0.15) is 0 Å². The van der Waals surface area contributed by atoms with Crippen molar-refractivity contribution in [1.29, 1.82) is 0 Å². The summed E-state index contributed by atoms with van der Waals surface area (Å²) in [6.45, 7) is 3.17. The van der Waals surface area contributed by atoms with Crippen LogP contribution in [0.2, 0.25) is 0 Å². The number of rotatable bonds is 5. The second-order valence-corrected chi connectivity index (χ2v) is 6.82. The lowest BCUT2D eigenvalue weighted by molar-refractivity contribution is -0.121. The zero-order chi connectivity index (χ0) is 12.6. The molecule has 2 aliphatic rings. The number of carbonyl (C=O) groups is 1. The Morgan fingerprint density at radius 1 is 1.11 bits per heavy atom. The number of amides is 1. The molecule has 104 valence electrons. The van der Waals surface area contributed by atoms with E-state index in [-0.39, 0.29) is 5.91 Å². The second-order valence-electron chi connectivity index (χ2n) is 5.59. The standard InChI is InChI=1S/C14H26N2OS/c17-14(2-1-12-3-7-15-8-4-12)16-11-13-5-9-18-10-6-13/h12-13,15H,1-11H2,(H,16,17). The summed E-state index contributed by atoms with van der Waals surface area (Å²) in [4.78, 5) is 11.8. The summed E-state index contributed by atoms with van der Waals surface area (Å²) < 4.78 is 0. The first-order valence-electron chi connectivity index (χ1n) is 7.40. The highest BCUT2D eigenvalue weighted by Crippen LogP contribution is 2.22. The molecule has 0 aromatic heterocycles. The van der Waals surface area contributed by atoms with Crippen molar-refractivity contribution in [2.45, 2.75) is 38.5 Å². The Balaban J connectivity index is 1.54. The summed E-state index contributed by atoms with van der Waals surface area (Å²) in [6, 6.07) is 0. The maximum atomic E-state index is 11.8. The molecule has 0 aromatic rings. The van der Waals surface area contributed by atoms with Crippen LogP contribution in [0.1, 0.15) is 38.5 Å². The van der Waals surface area contributed by atoms with E-state index in [2.05, 4.69) is 10.6 Å². The average Bonchev–Trinajstić information content (AvgIpc) is 2.45. The molecule has 0 unspecified atom stereocenters. The van der Waals surface area contributed by atoms with Gasteiger partial charge in [0.15, 0.2) is 0 Å². The van der Waals surface area contributed by atoms with E-state index in [0.29, 0.717) is 0 Å². The first-order valence-corrected chi connectivity index (χ1v) is 8.55. The zero-order valence-corrected chi connectivity index (χ0v) is 12.1. The Labute approximate surface area is 115 Å². The second kappa shape index (κ2) is 8.05. The fourth-order valence-electron chi connectivity index (χ4n) is 2.80. The van der Waals surface area contributed by atoms with E-state index in [4.69, 9.17) is 0 Å². The molecule has 3 nitrogen and oxygen atoms in total. The molecule has 0 spiro atoms. The van der Waals surface area contributed by atoms with Gasteiger partial charge in [0.05, 0.1) is 0 Å². The predicted molar refractivity (Wildman–Crippen MR) is 77.9 cm³/mol. The van der Waals surface area contributed by atoms with Crippen LogP contribution in [0, 0.1) is 11.8 Å². The van der Waals surface area contributed by atoms with Gasteiger partial charge in [0.2, 0.25) is 5.91 Å². The summed E-state index contributed by atoms with van der Waals surface area (Å²) in [5, 5.41) is 6.50. The minimum Gasteiger partial charge on any atom is -0.356 e. The van der Waals surface area contributed by atoms with Crippen LogP contribution >= 0.6 is 11.8 Å². The van der Waals surface area contributed by atoms with Crippen molar-refractivity contribution >= 4 is 17.7 Å². The van der Waals surface area contributed by atoms with Crippen molar-refractivity contribution in [2.24, 2.45) is 11.8 Å². The van der Waals surface area contributed by atoms with Gasteiger partial charge >= 0.3 is 0 Å². The Morgan fingerprint density at radius 3 is 2.56 bits per heavy atom. The van der Waals surface area contributed by atoms with Crippen molar-refractivity contribution in [3.63, 3.8) is 0 Å². The molecule has 18 heavy (non-hydrogen) atoms. The number of carbonyl (C=O) groups excluding carboxylic acids is 1. The minimum absolute atomic E-state index is 0.270. The molecule has 0 saturated carbocycles. The van der Waals surface area contributed by atoms with E-state index in [0.717, 1.165) is 44.3 Å². The molecule has 0 aromatic carbocycles. The van der Waals surface area contributed by atoms with Gasteiger partial charge < -0.3 is 10.6 Å². The number of nitrogens with one attached hydrogen (secondary N) is 2. The monoisotopic (exact) mass is 270 g/mol. The van der Waals surface area contributed by atoms with Crippen LogP contribution in [0.3, 0.4) is 0 Å². The molecule has 0 radical (unpaired) electrons. The topological polar surface area (TPSA) is 41.1 Å². The lowest BCUT2D eigenvalue weighted by atomic mass is 9.93. The smallest absolute Gasteiger partial charge is 0.220 e. The van der Waals surface area contributed by atoms with Crippen LogP contribution in [0.4, 0.5) is 0 Å². The molecule has 2 saturated heterocycles. The fourth-order valence-corrected chi connectivity index (χ4v) is 4.01. The van der Waals surface area contributed by atoms with E-state index in [9.17, 15) is 4.79 Å². The van der Waals surface area contributed by atoms with Crippen LogP contribution < -0.4 is 10.6 Å². The Kier molecular flexibility index (Phi) is 6.35. The van der Waals surface area contributed by atoms with Crippen molar-refractivity contribution < 1.29 is 4.79 Å². The Bertz CT molecular complexity index is 224. The molecule has 2 fully saturated rings. The van der Waals surface area contributed by atoms with Crippen LogP contribution in [-0.4, -0.2) is 37.0 Å². The predicted octanol–water partition coefficient (Wildman–Crippen LogP) is 2.03. The summed E-state index contributed by atoms with van der Waals surface area (Å²) in [6.07, 6.45) is 6.85. The first-order chi connectivity index (χ1) is 8.84. The average molecular weight is 270 g/mol. The van der Waals surface area contributed by atoms with Crippen molar-refractivity contribution in [2.75, 3.05) is 31.1 Å². The molecule has 4 heteroatoms. The highest BCUT2D eigenvalue weighted by atomic mass is 32.2. The third-order valence-electron chi connectivity index (χ3n) is 4.17. The van der Waals surface area contributed by atoms with Gasteiger partial charge in [-0.05, 0) is 68.5 Å². The van der Waals surface area contributed by atoms with E-state index >= 15 is 0 Å². The maximum absolute atomic E-state index is 11.8. The highest BCUT2D eigenvalue weighted by Gasteiger charge is 2.16. The first kappa shape index (κ1) is 14.2. The van der Waals surface area contributed by atoms with Gasteiger partial charge in [-0.2, -0.15) is 11.8 Å². The van der Waals surface area contributed by atoms with Crippen LogP contribution in [0.5, 0.6) is 0 Å². The summed E-state index contributed by atoms with van der Waals surface area (Å²) in [5.74, 6) is 4.31.